The third kappa shape index (κ3) is 2.17. The van der Waals surface area contributed by atoms with Crippen LogP contribution in [0.4, 0.5) is 5.82 Å². The lowest BCUT2D eigenvalue weighted by atomic mass is 9.99. The molecule has 4 heteroatoms. The minimum Gasteiger partial charge on any atom is -0.493 e. The van der Waals surface area contributed by atoms with Crippen LogP contribution in [0.2, 0.25) is 0 Å². The fraction of sp³-hybridized carbons (Fsp3) is 0.643. The van der Waals surface area contributed by atoms with E-state index < -0.39 is 0 Å². The summed E-state index contributed by atoms with van der Waals surface area (Å²) in [5, 5.41) is 3.58. The van der Waals surface area contributed by atoms with Gasteiger partial charge in [0.2, 0.25) is 0 Å². The molecule has 3 heterocycles. The van der Waals surface area contributed by atoms with Crippen molar-refractivity contribution in [1.29, 1.82) is 0 Å². The van der Waals surface area contributed by atoms with E-state index in [1.165, 1.54) is 38.8 Å². The Bertz CT molecular complexity index is 410. The van der Waals surface area contributed by atoms with Crippen molar-refractivity contribution < 1.29 is 4.74 Å². The quantitative estimate of drug-likeness (QED) is 0.888. The van der Waals surface area contributed by atoms with Crippen molar-refractivity contribution in [3.63, 3.8) is 0 Å². The molecule has 4 nitrogen and oxygen atoms in total. The fourth-order valence-electron chi connectivity index (χ4n) is 3.25. The van der Waals surface area contributed by atoms with Gasteiger partial charge in [-0.1, -0.05) is 6.42 Å². The first kappa shape index (κ1) is 11.8. The first-order chi connectivity index (χ1) is 8.88. The number of rotatable bonds is 3. The molecule has 2 atom stereocenters. The minimum atomic E-state index is 0.522. The van der Waals surface area contributed by atoms with Crippen LogP contribution in [-0.4, -0.2) is 42.2 Å². The van der Waals surface area contributed by atoms with E-state index in [4.69, 9.17) is 4.74 Å². The van der Waals surface area contributed by atoms with Gasteiger partial charge < -0.3 is 10.1 Å². The third-order valence-electron chi connectivity index (χ3n) is 4.17. The zero-order chi connectivity index (χ0) is 12.4. The summed E-state index contributed by atoms with van der Waals surface area (Å²) < 4.78 is 5.35. The minimum absolute atomic E-state index is 0.522. The number of fused-ring (bicyclic) bond motifs is 1. The zero-order valence-electron chi connectivity index (χ0n) is 10.9. The molecular weight excluding hydrogens is 226 g/mol. The molecule has 0 saturated carbocycles. The van der Waals surface area contributed by atoms with Crippen molar-refractivity contribution in [2.75, 3.05) is 25.5 Å². The Kier molecular flexibility index (Phi) is 3.37. The number of aromatic nitrogens is 1. The van der Waals surface area contributed by atoms with Crippen LogP contribution in [-0.2, 0) is 0 Å². The zero-order valence-corrected chi connectivity index (χ0v) is 10.9. The van der Waals surface area contributed by atoms with E-state index in [0.29, 0.717) is 12.1 Å². The Labute approximate surface area is 108 Å². The van der Waals surface area contributed by atoms with Gasteiger partial charge in [0.25, 0.3) is 0 Å². The van der Waals surface area contributed by atoms with Gasteiger partial charge in [-0.2, -0.15) is 0 Å². The summed E-state index contributed by atoms with van der Waals surface area (Å²) in [7, 11) is 1.70. The predicted molar refractivity (Wildman–Crippen MR) is 72.0 cm³/mol. The van der Waals surface area contributed by atoms with E-state index in [2.05, 4.69) is 15.2 Å². The van der Waals surface area contributed by atoms with E-state index in [9.17, 15) is 0 Å². The van der Waals surface area contributed by atoms with Gasteiger partial charge in [0.15, 0.2) is 11.6 Å². The summed E-state index contributed by atoms with van der Waals surface area (Å²) >= 11 is 0. The molecule has 0 radical (unpaired) electrons. The van der Waals surface area contributed by atoms with Crippen LogP contribution in [0.15, 0.2) is 18.3 Å². The lowest BCUT2D eigenvalue weighted by Crippen LogP contribution is -2.41. The van der Waals surface area contributed by atoms with E-state index >= 15 is 0 Å². The van der Waals surface area contributed by atoms with Gasteiger partial charge in [0, 0.05) is 24.8 Å². The second-order valence-electron chi connectivity index (χ2n) is 5.19. The number of nitrogens with one attached hydrogen (secondary N) is 1. The highest BCUT2D eigenvalue weighted by atomic mass is 16.5. The maximum absolute atomic E-state index is 5.35. The van der Waals surface area contributed by atoms with E-state index in [1.807, 2.05) is 18.3 Å². The molecule has 0 spiro atoms. The normalized spacial score (nSPS) is 27.8. The Morgan fingerprint density at radius 1 is 1.33 bits per heavy atom. The topological polar surface area (TPSA) is 37.4 Å². The highest BCUT2D eigenvalue weighted by molar-refractivity contribution is 5.50. The van der Waals surface area contributed by atoms with E-state index in [-0.39, 0.29) is 0 Å². The van der Waals surface area contributed by atoms with Crippen LogP contribution in [0.25, 0.3) is 0 Å². The van der Waals surface area contributed by atoms with Gasteiger partial charge in [-0.15, -0.1) is 0 Å². The monoisotopic (exact) mass is 247 g/mol. The number of pyridine rings is 1. The summed E-state index contributed by atoms with van der Waals surface area (Å²) in [5.41, 5.74) is 0. The first-order valence-corrected chi connectivity index (χ1v) is 6.88. The van der Waals surface area contributed by atoms with E-state index in [0.717, 1.165) is 11.6 Å². The Hall–Kier alpha value is -1.29. The summed E-state index contributed by atoms with van der Waals surface area (Å²) in [5.74, 6) is 1.73. The molecule has 1 aromatic rings. The van der Waals surface area contributed by atoms with Crippen molar-refractivity contribution in [1.82, 2.24) is 9.88 Å². The number of piperidine rings is 1. The van der Waals surface area contributed by atoms with Crippen molar-refractivity contribution in [2.24, 2.45) is 0 Å². The molecule has 2 aliphatic rings. The molecule has 1 N–H and O–H groups in total. The lowest BCUT2D eigenvalue weighted by molar-refractivity contribution is 0.192. The van der Waals surface area contributed by atoms with Crippen LogP contribution in [0, 0.1) is 0 Å². The molecule has 1 aromatic heterocycles. The maximum atomic E-state index is 5.35. The Morgan fingerprint density at radius 2 is 2.28 bits per heavy atom. The number of nitrogens with zero attached hydrogens (tertiary/aromatic N) is 2. The highest BCUT2D eigenvalue weighted by Gasteiger charge is 2.35. The van der Waals surface area contributed by atoms with Crippen LogP contribution in [0.5, 0.6) is 5.75 Å². The lowest BCUT2D eigenvalue weighted by Gasteiger charge is -2.32. The Balaban J connectivity index is 1.72. The summed E-state index contributed by atoms with van der Waals surface area (Å²) in [6.45, 7) is 2.49. The van der Waals surface area contributed by atoms with Gasteiger partial charge >= 0.3 is 0 Å². The summed E-state index contributed by atoms with van der Waals surface area (Å²) in [4.78, 5) is 7.02. The van der Waals surface area contributed by atoms with Gasteiger partial charge in [-0.3, -0.25) is 4.90 Å². The predicted octanol–water partition coefficient (Wildman–Crippen LogP) is 2.13. The van der Waals surface area contributed by atoms with Gasteiger partial charge in [-0.25, -0.2) is 4.98 Å². The standard InChI is InChI=1S/C14H21N3O/c1-18-13-6-4-8-15-14(13)16-11-7-10-17-9-3-2-5-12(11)17/h4,6,8,11-12H,2-3,5,7,9-10H2,1H3,(H,15,16). The number of methoxy groups -OCH3 is 1. The molecule has 2 fully saturated rings. The van der Waals surface area contributed by atoms with Crippen molar-refractivity contribution in [3.05, 3.63) is 18.3 Å². The van der Waals surface area contributed by atoms with Gasteiger partial charge in [-0.05, 0) is 37.9 Å². The molecule has 0 amide bonds. The molecule has 98 valence electrons. The first-order valence-electron chi connectivity index (χ1n) is 6.88. The van der Waals surface area contributed by atoms with Crippen molar-refractivity contribution in [2.45, 2.75) is 37.8 Å². The highest BCUT2D eigenvalue weighted by Crippen LogP contribution is 2.31. The molecule has 2 unspecified atom stereocenters. The third-order valence-corrected chi connectivity index (χ3v) is 4.17. The summed E-state index contributed by atoms with van der Waals surface area (Å²) in [6.07, 6.45) is 7.06. The van der Waals surface area contributed by atoms with Gasteiger partial charge in [0.05, 0.1) is 7.11 Å². The molecule has 0 aliphatic carbocycles. The number of hydrogen-bond acceptors (Lipinski definition) is 4. The van der Waals surface area contributed by atoms with Crippen LogP contribution in [0.1, 0.15) is 25.7 Å². The molecule has 2 aliphatic heterocycles. The second-order valence-corrected chi connectivity index (χ2v) is 5.19. The smallest absolute Gasteiger partial charge is 0.169 e. The number of hydrogen-bond donors (Lipinski definition) is 1. The van der Waals surface area contributed by atoms with Gasteiger partial charge in [0.1, 0.15) is 0 Å². The molecule has 0 aromatic carbocycles. The van der Waals surface area contributed by atoms with Crippen molar-refractivity contribution >= 4 is 5.82 Å². The van der Waals surface area contributed by atoms with Crippen molar-refractivity contribution in [3.8, 4) is 5.75 Å². The maximum Gasteiger partial charge on any atom is 0.169 e. The second kappa shape index (κ2) is 5.14. The molecule has 18 heavy (non-hydrogen) atoms. The Morgan fingerprint density at radius 3 is 3.17 bits per heavy atom. The van der Waals surface area contributed by atoms with Crippen LogP contribution >= 0.6 is 0 Å². The molecular formula is C14H21N3O. The SMILES string of the molecule is COc1cccnc1NC1CCN2CCCCC12. The van der Waals surface area contributed by atoms with Crippen LogP contribution < -0.4 is 10.1 Å². The largest absolute Gasteiger partial charge is 0.493 e. The molecule has 2 saturated heterocycles. The molecule has 0 bridgehead atoms. The van der Waals surface area contributed by atoms with E-state index in [1.54, 1.807) is 7.11 Å². The fourth-order valence-corrected chi connectivity index (χ4v) is 3.25. The number of ether oxygens (including phenoxy) is 1. The summed E-state index contributed by atoms with van der Waals surface area (Å²) in [6, 6.07) is 5.08. The molecule has 3 rings (SSSR count). The van der Waals surface area contributed by atoms with Crippen LogP contribution in [0.3, 0.4) is 0 Å². The average molecular weight is 247 g/mol. The number of anilines is 1. The average Bonchev–Trinajstić information content (AvgIpc) is 2.83.